The van der Waals surface area contributed by atoms with Gasteiger partial charge in [-0.05, 0) is 91.8 Å². The van der Waals surface area contributed by atoms with E-state index in [0.29, 0.717) is 44.3 Å². The first-order valence-electron chi connectivity index (χ1n) is 11.6. The number of aryl methyl sites for hydroxylation is 2. The Morgan fingerprint density at radius 3 is 2.61 bits per heavy atom. The van der Waals surface area contributed by atoms with Crippen LogP contribution < -0.4 is 10.6 Å². The smallest absolute Gasteiger partial charge is 0.250 e. The fraction of sp³-hybridized carbons (Fsp3) is 0.0690. The number of oxazole rings is 1. The van der Waals surface area contributed by atoms with Crippen molar-refractivity contribution in [2.75, 3.05) is 5.32 Å². The van der Waals surface area contributed by atoms with E-state index in [1.165, 1.54) is 6.08 Å². The number of thiocarbonyl (C=S) groups is 1. The molecule has 0 radical (unpaired) electrons. The highest BCUT2D eigenvalue weighted by atomic mass is 35.5. The Morgan fingerprint density at radius 1 is 0.947 bits per heavy atom. The molecule has 190 valence electrons. The summed E-state index contributed by atoms with van der Waals surface area (Å²) >= 11 is 17.9. The summed E-state index contributed by atoms with van der Waals surface area (Å²) in [6.45, 7) is 3.92. The van der Waals surface area contributed by atoms with Gasteiger partial charge in [-0.25, -0.2) is 4.98 Å². The number of amides is 1. The molecule has 5 aromatic rings. The second kappa shape index (κ2) is 10.8. The second-order valence-corrected chi connectivity index (χ2v) is 9.85. The molecule has 0 aliphatic heterocycles. The van der Waals surface area contributed by atoms with E-state index in [-0.39, 0.29) is 5.11 Å². The molecule has 0 atom stereocenters. The minimum Gasteiger partial charge on any atom is -0.457 e. The fourth-order valence-corrected chi connectivity index (χ4v) is 4.33. The summed E-state index contributed by atoms with van der Waals surface area (Å²) in [5.41, 5.74) is 5.54. The average molecular weight is 562 g/mol. The molecule has 0 bridgehead atoms. The van der Waals surface area contributed by atoms with E-state index in [1.807, 2.05) is 56.3 Å². The van der Waals surface area contributed by atoms with Gasteiger partial charge in [-0.3, -0.25) is 10.1 Å². The van der Waals surface area contributed by atoms with Crippen LogP contribution in [0.4, 0.5) is 5.69 Å². The lowest BCUT2D eigenvalue weighted by molar-refractivity contribution is -0.115. The van der Waals surface area contributed by atoms with Gasteiger partial charge in [-0.2, -0.15) is 0 Å². The zero-order valence-corrected chi connectivity index (χ0v) is 22.7. The van der Waals surface area contributed by atoms with Crippen molar-refractivity contribution < 1.29 is 13.6 Å². The van der Waals surface area contributed by atoms with Crippen LogP contribution in [-0.4, -0.2) is 16.0 Å². The Balaban J connectivity index is 1.23. The highest BCUT2D eigenvalue weighted by molar-refractivity contribution is 7.80. The largest absolute Gasteiger partial charge is 0.457 e. The molecule has 6 nitrogen and oxygen atoms in total. The molecule has 2 heterocycles. The van der Waals surface area contributed by atoms with Crippen LogP contribution in [0, 0.1) is 13.8 Å². The van der Waals surface area contributed by atoms with Crippen molar-refractivity contribution in [1.82, 2.24) is 10.3 Å². The number of aromatic nitrogens is 1. The molecule has 0 saturated heterocycles. The third-order valence-electron chi connectivity index (χ3n) is 5.72. The van der Waals surface area contributed by atoms with Gasteiger partial charge in [0, 0.05) is 22.3 Å². The molecule has 1 amide bonds. The molecule has 5 rings (SSSR count). The molecule has 0 unspecified atom stereocenters. The number of carbonyl (C=O) groups is 1. The minimum absolute atomic E-state index is 0.121. The standard InChI is InChI=1S/C29H21Cl2N3O3S/c1-16-3-10-24-26(13-16)37-28(33-24)21-15-19(6-9-22(21)30)32-29(38)34-27(35)12-8-20-7-11-25(36-20)18-5-4-17(2)23(31)14-18/h3-15H,1-2H3,(H2,32,34,35,38)/b12-8+. The molecular weight excluding hydrogens is 541 g/mol. The van der Waals surface area contributed by atoms with Crippen LogP contribution in [0.1, 0.15) is 16.9 Å². The normalized spacial score (nSPS) is 11.3. The number of hydrogen-bond acceptors (Lipinski definition) is 5. The van der Waals surface area contributed by atoms with E-state index in [0.717, 1.165) is 22.2 Å². The second-order valence-electron chi connectivity index (χ2n) is 8.63. The van der Waals surface area contributed by atoms with Crippen LogP contribution >= 0.6 is 35.4 Å². The lowest BCUT2D eigenvalue weighted by atomic mass is 10.1. The van der Waals surface area contributed by atoms with Gasteiger partial charge >= 0.3 is 0 Å². The van der Waals surface area contributed by atoms with Crippen molar-refractivity contribution in [3.05, 3.63) is 99.7 Å². The maximum atomic E-state index is 12.4. The maximum Gasteiger partial charge on any atom is 0.250 e. The van der Waals surface area contributed by atoms with Gasteiger partial charge < -0.3 is 14.2 Å². The number of carbonyl (C=O) groups excluding carboxylic acids is 1. The topological polar surface area (TPSA) is 80.3 Å². The molecule has 3 aromatic carbocycles. The summed E-state index contributed by atoms with van der Waals surface area (Å²) in [6.07, 6.45) is 2.90. The van der Waals surface area contributed by atoms with Crippen molar-refractivity contribution >= 4 is 69.3 Å². The Bertz CT molecular complexity index is 1720. The molecule has 9 heteroatoms. The molecule has 0 fully saturated rings. The first-order valence-corrected chi connectivity index (χ1v) is 12.7. The van der Waals surface area contributed by atoms with Gasteiger partial charge in [0.05, 0.1) is 10.6 Å². The number of fused-ring (bicyclic) bond motifs is 1. The van der Waals surface area contributed by atoms with Crippen LogP contribution in [0.2, 0.25) is 10.0 Å². The van der Waals surface area contributed by atoms with Gasteiger partial charge in [0.2, 0.25) is 11.8 Å². The van der Waals surface area contributed by atoms with Crippen molar-refractivity contribution in [1.29, 1.82) is 0 Å². The quantitative estimate of drug-likeness (QED) is 0.166. The summed E-state index contributed by atoms with van der Waals surface area (Å²) in [7, 11) is 0. The first-order chi connectivity index (χ1) is 18.2. The minimum atomic E-state index is -0.415. The van der Waals surface area contributed by atoms with E-state index < -0.39 is 5.91 Å². The fourth-order valence-electron chi connectivity index (χ4n) is 3.73. The number of rotatable bonds is 5. The summed E-state index contributed by atoms with van der Waals surface area (Å²) in [4.78, 5) is 16.9. The Hall–Kier alpha value is -3.91. The van der Waals surface area contributed by atoms with Crippen LogP contribution in [0.25, 0.3) is 40.0 Å². The highest BCUT2D eigenvalue weighted by Gasteiger charge is 2.14. The summed E-state index contributed by atoms with van der Waals surface area (Å²) in [6, 6.07) is 20.3. The van der Waals surface area contributed by atoms with Crippen LogP contribution in [0.3, 0.4) is 0 Å². The average Bonchev–Trinajstić information content (AvgIpc) is 3.52. The SMILES string of the molecule is Cc1ccc2nc(-c3cc(NC(=S)NC(=O)/C=C/c4ccc(-c5ccc(C)c(Cl)c5)o4)ccc3Cl)oc2c1. The highest BCUT2D eigenvalue weighted by Crippen LogP contribution is 2.32. The molecule has 0 aliphatic rings. The van der Waals surface area contributed by atoms with Crippen molar-refractivity contribution in [2.45, 2.75) is 13.8 Å². The number of hydrogen-bond donors (Lipinski definition) is 2. The number of anilines is 1. The van der Waals surface area contributed by atoms with Crippen LogP contribution in [0.15, 0.2) is 81.6 Å². The predicted octanol–water partition coefficient (Wildman–Crippen LogP) is 8.20. The maximum absolute atomic E-state index is 12.4. The molecule has 2 aromatic heterocycles. The first kappa shape index (κ1) is 25.7. The molecule has 38 heavy (non-hydrogen) atoms. The predicted molar refractivity (Wildman–Crippen MR) is 156 cm³/mol. The molecular formula is C29H21Cl2N3O3S. The molecule has 0 saturated carbocycles. The van der Waals surface area contributed by atoms with E-state index in [1.54, 1.807) is 30.3 Å². The van der Waals surface area contributed by atoms with Crippen molar-refractivity contribution in [3.63, 3.8) is 0 Å². The Morgan fingerprint density at radius 2 is 1.79 bits per heavy atom. The van der Waals surface area contributed by atoms with Gasteiger partial charge in [-0.15, -0.1) is 0 Å². The Labute approximate surface area is 234 Å². The van der Waals surface area contributed by atoms with E-state index >= 15 is 0 Å². The summed E-state index contributed by atoms with van der Waals surface area (Å²) in [5, 5.41) is 6.86. The summed E-state index contributed by atoms with van der Waals surface area (Å²) in [5.74, 6) is 1.14. The van der Waals surface area contributed by atoms with E-state index in [4.69, 9.17) is 44.3 Å². The third-order valence-corrected chi connectivity index (χ3v) is 6.66. The lowest BCUT2D eigenvalue weighted by Gasteiger charge is -2.09. The number of nitrogens with one attached hydrogen (secondary N) is 2. The van der Waals surface area contributed by atoms with Crippen molar-refractivity contribution in [3.8, 4) is 22.8 Å². The monoisotopic (exact) mass is 561 g/mol. The molecule has 0 aliphatic carbocycles. The lowest BCUT2D eigenvalue weighted by Crippen LogP contribution is -2.32. The van der Waals surface area contributed by atoms with Gasteiger partial charge in [0.15, 0.2) is 10.7 Å². The van der Waals surface area contributed by atoms with Gasteiger partial charge in [0.25, 0.3) is 0 Å². The van der Waals surface area contributed by atoms with Crippen LogP contribution in [0.5, 0.6) is 0 Å². The number of halogens is 2. The molecule has 2 N–H and O–H groups in total. The zero-order valence-electron chi connectivity index (χ0n) is 20.3. The zero-order chi connectivity index (χ0) is 26.8. The van der Waals surface area contributed by atoms with E-state index in [9.17, 15) is 4.79 Å². The number of nitrogens with zero attached hydrogens (tertiary/aromatic N) is 1. The number of furan rings is 1. The van der Waals surface area contributed by atoms with Gasteiger partial charge in [-0.1, -0.05) is 41.4 Å². The Kier molecular flexibility index (Phi) is 7.33. The van der Waals surface area contributed by atoms with Gasteiger partial charge in [0.1, 0.15) is 17.0 Å². The third kappa shape index (κ3) is 5.81. The molecule has 0 spiro atoms. The summed E-state index contributed by atoms with van der Waals surface area (Å²) < 4.78 is 11.7. The van der Waals surface area contributed by atoms with Crippen molar-refractivity contribution in [2.24, 2.45) is 0 Å². The number of benzene rings is 3. The van der Waals surface area contributed by atoms with Crippen LogP contribution in [-0.2, 0) is 4.79 Å². The van der Waals surface area contributed by atoms with E-state index in [2.05, 4.69) is 15.6 Å².